The van der Waals surface area contributed by atoms with E-state index in [0.29, 0.717) is 24.3 Å². The van der Waals surface area contributed by atoms with Crippen molar-refractivity contribution in [1.82, 2.24) is 9.91 Å². The van der Waals surface area contributed by atoms with Gasteiger partial charge in [0.1, 0.15) is 18.1 Å². The van der Waals surface area contributed by atoms with Crippen LogP contribution >= 0.6 is 0 Å². The Balaban J connectivity index is 0.00000132. The van der Waals surface area contributed by atoms with Gasteiger partial charge in [-0.25, -0.2) is 14.6 Å². The second kappa shape index (κ2) is 12.9. The molecule has 5 atom stereocenters. The lowest BCUT2D eigenvalue weighted by Gasteiger charge is -2.37. The Morgan fingerprint density at radius 1 is 1.33 bits per heavy atom. The fourth-order valence-corrected chi connectivity index (χ4v) is 4.47. The van der Waals surface area contributed by atoms with Gasteiger partial charge in [-0.15, -0.1) is 4.91 Å². The van der Waals surface area contributed by atoms with Crippen LogP contribution in [0.5, 0.6) is 0 Å². The van der Waals surface area contributed by atoms with Gasteiger partial charge in [-0.05, 0) is 66.1 Å². The molecule has 0 unspecified atom stereocenters. The van der Waals surface area contributed by atoms with Crippen LogP contribution in [-0.2, 0) is 19.1 Å². The number of aliphatic carboxylic acids is 1. The maximum atomic E-state index is 13.4. The number of likely N-dealkylation sites (tertiary alicyclic amines) is 1. The van der Waals surface area contributed by atoms with E-state index in [0.717, 1.165) is 19.3 Å². The molecule has 0 aromatic carbocycles. The zero-order valence-corrected chi connectivity index (χ0v) is 20.2. The molecule has 1 aliphatic carbocycles. The number of ether oxygens (including phenoxy) is 1. The average molecular weight is 476 g/mol. The van der Waals surface area contributed by atoms with Crippen molar-refractivity contribution in [2.24, 2.45) is 16.9 Å². The molecule has 3 N–H and O–H groups in total. The summed E-state index contributed by atoms with van der Waals surface area (Å²) in [4.78, 5) is 50.9. The van der Waals surface area contributed by atoms with Gasteiger partial charge in [-0.2, -0.15) is 0 Å². The van der Waals surface area contributed by atoms with E-state index in [2.05, 4.69) is 10.0 Å². The van der Waals surface area contributed by atoms with E-state index >= 15 is 0 Å². The van der Waals surface area contributed by atoms with E-state index in [1.54, 1.807) is 6.92 Å². The molecule has 33 heavy (non-hydrogen) atoms. The molecule has 0 aromatic rings. The molecule has 190 valence electrons. The van der Waals surface area contributed by atoms with E-state index in [1.165, 1.54) is 11.8 Å². The molecular formula is C23H42N4O6. The number of carboxylic acids is 1. The Bertz CT molecular complexity index is 845. The Kier molecular flexibility index (Phi) is 8.31. The molecule has 1 saturated carbocycles. The summed E-state index contributed by atoms with van der Waals surface area (Å²) in [5.41, 5.74) is 5.35. The predicted octanol–water partition coefficient (Wildman–Crippen LogP) is 3.08. The minimum absolute atomic E-state index is 0. The van der Waals surface area contributed by atoms with Gasteiger partial charge in [0.25, 0.3) is 0 Å². The normalized spacial score (nSPS) is 27.0. The highest BCUT2D eigenvalue weighted by Crippen LogP contribution is 2.40. The van der Waals surface area contributed by atoms with Crippen LogP contribution in [0.15, 0.2) is 5.29 Å². The Labute approximate surface area is 204 Å². The van der Waals surface area contributed by atoms with E-state index in [1.807, 2.05) is 20.8 Å². The molecule has 1 heterocycles. The number of rotatable bonds is 9. The number of nitrogens with two attached hydrogens (primary N) is 1. The molecule has 2 rings (SSSR count). The average Bonchev–Trinajstić information content (AvgIpc) is 3.16. The molecule has 0 bridgehead atoms. The Hall–Kier alpha value is -2.23. The van der Waals surface area contributed by atoms with E-state index in [9.17, 15) is 24.4 Å². The van der Waals surface area contributed by atoms with Crippen molar-refractivity contribution in [2.45, 2.75) is 116 Å². The van der Waals surface area contributed by atoms with Gasteiger partial charge in [-0.3, -0.25) is 4.79 Å². The maximum absolute atomic E-state index is 13.4. The molecule has 2 fully saturated rings. The third-order valence-corrected chi connectivity index (χ3v) is 5.78. The number of carbonyl (C=O) groups is 3. The molecule has 0 spiro atoms. The van der Waals surface area contributed by atoms with Crippen molar-refractivity contribution in [3.05, 3.63) is 4.91 Å². The Morgan fingerprint density at radius 3 is 2.45 bits per heavy atom. The molecule has 1 saturated heterocycles. The SMILES string of the molecule is CC(C)(C)N.[2H]C([2H])([2H])C([2H])([2H])OC(=O)[C@H](CCC)N(N=O)[C@@H](C)C(=O)N1[C@H](C(=O)O)C[C@@H]2CCCC[C@@H]21. The fourth-order valence-electron chi connectivity index (χ4n) is 4.47. The van der Waals surface area contributed by atoms with Gasteiger partial charge < -0.3 is 20.5 Å². The number of amides is 1. The van der Waals surface area contributed by atoms with Crippen molar-refractivity contribution < 1.29 is 31.1 Å². The third kappa shape index (κ3) is 8.24. The van der Waals surface area contributed by atoms with Crippen molar-refractivity contribution in [3.8, 4) is 0 Å². The van der Waals surface area contributed by atoms with Crippen LogP contribution in [-0.4, -0.2) is 69.1 Å². The predicted molar refractivity (Wildman–Crippen MR) is 125 cm³/mol. The monoisotopic (exact) mass is 475 g/mol. The summed E-state index contributed by atoms with van der Waals surface area (Å²) >= 11 is 0. The molecular weight excluding hydrogens is 428 g/mol. The first-order chi connectivity index (χ1) is 17.3. The van der Waals surface area contributed by atoms with Gasteiger partial charge >= 0.3 is 11.9 Å². The summed E-state index contributed by atoms with van der Waals surface area (Å²) in [5.74, 6) is -3.13. The van der Waals surface area contributed by atoms with Crippen molar-refractivity contribution in [2.75, 3.05) is 6.56 Å². The van der Waals surface area contributed by atoms with Crippen LogP contribution in [0.2, 0.25) is 0 Å². The molecule has 1 amide bonds. The fraction of sp³-hybridized carbons (Fsp3) is 0.870. The zero-order chi connectivity index (χ0) is 29.6. The molecule has 0 radical (unpaired) electrons. The first kappa shape index (κ1) is 21.3. The highest BCUT2D eigenvalue weighted by Gasteiger charge is 2.49. The smallest absolute Gasteiger partial charge is 0.330 e. The maximum Gasteiger partial charge on any atom is 0.330 e. The topological polar surface area (TPSA) is 143 Å². The third-order valence-electron chi connectivity index (χ3n) is 5.78. The number of fused-ring (bicyclic) bond motifs is 1. The molecule has 0 aromatic heterocycles. The van der Waals surface area contributed by atoms with E-state index in [-0.39, 0.29) is 23.9 Å². The zero-order valence-electron chi connectivity index (χ0n) is 25.2. The van der Waals surface area contributed by atoms with Crippen molar-refractivity contribution >= 4 is 17.8 Å². The number of carboxylic acid groups (broad SMARTS) is 1. The van der Waals surface area contributed by atoms with Crippen LogP contribution in [0.3, 0.4) is 0 Å². The standard InChI is InChI=1S/C19H31N3O6.C4H11N/c1-4-8-15(19(26)28-5-2)22(20-27)12(3)17(23)21-14-10-7-6-9-13(14)11-16(21)18(24)25;1-4(2,3)5/h12-16H,4-11H2,1-3H3,(H,24,25);5H2,1-3H3/t12-,13-,14-,15-,16-;/m0./s1/i2D3,5D2;. The number of nitroso groups, excluding NO2 is 1. The largest absolute Gasteiger partial charge is 0.480 e. The van der Waals surface area contributed by atoms with Gasteiger partial charge in [-0.1, -0.05) is 26.2 Å². The molecule has 10 heteroatoms. The summed E-state index contributed by atoms with van der Waals surface area (Å²) in [6.45, 7) is 2.30. The minimum Gasteiger partial charge on any atom is -0.480 e. The van der Waals surface area contributed by atoms with Crippen LogP contribution in [0.25, 0.3) is 0 Å². The minimum atomic E-state index is -3.31. The number of nitrogens with zero attached hydrogens (tertiary/aromatic N) is 3. The van der Waals surface area contributed by atoms with Crippen LogP contribution < -0.4 is 5.73 Å². The second-order valence-electron chi connectivity index (χ2n) is 9.78. The van der Waals surface area contributed by atoms with Gasteiger partial charge in [0.15, 0.2) is 0 Å². The molecule has 1 aliphatic heterocycles. The van der Waals surface area contributed by atoms with Gasteiger partial charge in [0.2, 0.25) is 5.91 Å². The van der Waals surface area contributed by atoms with Crippen LogP contribution in [0.1, 0.15) is 93.3 Å². The van der Waals surface area contributed by atoms with Crippen LogP contribution in [0.4, 0.5) is 0 Å². The highest BCUT2D eigenvalue weighted by atomic mass is 16.5. The quantitative estimate of drug-likeness (QED) is 0.294. The molecule has 2 aliphatic rings. The van der Waals surface area contributed by atoms with Crippen LogP contribution in [0, 0.1) is 10.8 Å². The lowest BCUT2D eigenvalue weighted by molar-refractivity contribution is -0.157. The van der Waals surface area contributed by atoms with E-state index in [4.69, 9.17) is 12.6 Å². The van der Waals surface area contributed by atoms with Crippen molar-refractivity contribution in [1.29, 1.82) is 0 Å². The lowest BCUT2D eigenvalue weighted by Crippen LogP contribution is -2.55. The Morgan fingerprint density at radius 2 is 1.94 bits per heavy atom. The second-order valence-corrected chi connectivity index (χ2v) is 9.78. The van der Waals surface area contributed by atoms with Crippen molar-refractivity contribution in [3.63, 3.8) is 0 Å². The first-order valence-electron chi connectivity index (χ1n) is 13.9. The summed E-state index contributed by atoms with van der Waals surface area (Å²) < 4.78 is 41.2. The van der Waals surface area contributed by atoms with E-state index < -0.39 is 49.4 Å². The number of hydrogen-bond donors (Lipinski definition) is 2. The lowest BCUT2D eigenvalue weighted by atomic mass is 9.84. The molecule has 10 nitrogen and oxygen atoms in total. The summed E-state index contributed by atoms with van der Waals surface area (Å²) in [5, 5.41) is 13.1. The summed E-state index contributed by atoms with van der Waals surface area (Å²) in [7, 11) is 0. The summed E-state index contributed by atoms with van der Waals surface area (Å²) in [6, 6.07) is -4.20. The number of esters is 1. The summed E-state index contributed by atoms with van der Waals surface area (Å²) in [6.07, 6.45) is 3.80. The van der Waals surface area contributed by atoms with Gasteiger partial charge in [0.05, 0.1) is 14.6 Å². The highest BCUT2D eigenvalue weighted by molar-refractivity contribution is 5.88. The first-order valence-corrected chi connectivity index (χ1v) is 11.4. The number of carbonyl (C=O) groups excluding carboxylic acids is 2. The number of hydrogen-bond acceptors (Lipinski definition) is 7. The van der Waals surface area contributed by atoms with Gasteiger partial charge in [0, 0.05) is 15.7 Å².